The van der Waals surface area contributed by atoms with Crippen molar-refractivity contribution in [3.63, 3.8) is 0 Å². The van der Waals surface area contributed by atoms with Crippen LogP contribution in [-0.2, 0) is 0 Å². The lowest BCUT2D eigenvalue weighted by Crippen LogP contribution is -2.10. The van der Waals surface area contributed by atoms with Gasteiger partial charge in [0, 0.05) is 14.3 Å². The van der Waals surface area contributed by atoms with Gasteiger partial charge in [-0.3, -0.25) is 0 Å². The van der Waals surface area contributed by atoms with E-state index in [1.807, 2.05) is 55.5 Å². The largest absolute Gasteiger partial charge is 0.496 e. The lowest BCUT2D eigenvalue weighted by molar-refractivity contribution is 0.0736. The van der Waals surface area contributed by atoms with E-state index < -0.39 is 0 Å². The monoisotopic (exact) mass is 418 g/mol. The molecule has 0 heterocycles. The molecule has 4 heteroatoms. The zero-order valence-corrected chi connectivity index (χ0v) is 15.0. The molecule has 0 N–H and O–H groups in total. The molecule has 0 spiro atoms. The number of esters is 1. The molecule has 0 atom stereocenters. The van der Waals surface area contributed by atoms with Crippen LogP contribution >= 0.6 is 22.6 Å². The SMILES string of the molecule is COc1cccc2c(OC(=O)c3cc(C)ccc3I)cccc12. The van der Waals surface area contributed by atoms with E-state index in [2.05, 4.69) is 22.6 Å². The van der Waals surface area contributed by atoms with Crippen LogP contribution in [-0.4, -0.2) is 13.1 Å². The van der Waals surface area contributed by atoms with E-state index in [9.17, 15) is 4.79 Å². The minimum absolute atomic E-state index is 0.353. The van der Waals surface area contributed by atoms with Gasteiger partial charge < -0.3 is 9.47 Å². The van der Waals surface area contributed by atoms with E-state index in [0.29, 0.717) is 11.3 Å². The third kappa shape index (κ3) is 3.17. The Balaban J connectivity index is 2.02. The highest BCUT2D eigenvalue weighted by Crippen LogP contribution is 2.32. The lowest BCUT2D eigenvalue weighted by atomic mass is 10.1. The molecule has 0 unspecified atom stereocenters. The van der Waals surface area contributed by atoms with Crippen molar-refractivity contribution in [2.24, 2.45) is 0 Å². The van der Waals surface area contributed by atoms with Gasteiger partial charge in [-0.05, 0) is 53.8 Å². The minimum Gasteiger partial charge on any atom is -0.496 e. The molecule has 0 fully saturated rings. The van der Waals surface area contributed by atoms with Gasteiger partial charge in [-0.2, -0.15) is 0 Å². The van der Waals surface area contributed by atoms with Gasteiger partial charge in [0.05, 0.1) is 12.7 Å². The Labute approximate surface area is 148 Å². The number of ether oxygens (including phenoxy) is 2. The van der Waals surface area contributed by atoms with Gasteiger partial charge in [0.2, 0.25) is 0 Å². The van der Waals surface area contributed by atoms with Crippen LogP contribution in [0.1, 0.15) is 15.9 Å². The van der Waals surface area contributed by atoms with E-state index in [-0.39, 0.29) is 5.97 Å². The van der Waals surface area contributed by atoms with Crippen molar-refractivity contribution < 1.29 is 14.3 Å². The maximum Gasteiger partial charge on any atom is 0.344 e. The van der Waals surface area contributed by atoms with Gasteiger partial charge in [0.1, 0.15) is 11.5 Å². The Morgan fingerprint density at radius 1 is 0.957 bits per heavy atom. The summed E-state index contributed by atoms with van der Waals surface area (Å²) >= 11 is 2.14. The Morgan fingerprint density at radius 3 is 2.30 bits per heavy atom. The Bertz CT molecular complexity index is 887. The summed E-state index contributed by atoms with van der Waals surface area (Å²) in [6.07, 6.45) is 0. The van der Waals surface area contributed by atoms with Crippen LogP contribution in [0, 0.1) is 10.5 Å². The summed E-state index contributed by atoms with van der Waals surface area (Å²) in [4.78, 5) is 12.5. The van der Waals surface area contributed by atoms with Crippen molar-refractivity contribution in [1.82, 2.24) is 0 Å². The van der Waals surface area contributed by atoms with Crippen LogP contribution in [0.5, 0.6) is 11.5 Å². The summed E-state index contributed by atoms with van der Waals surface area (Å²) in [6.45, 7) is 1.95. The molecule has 0 aliphatic rings. The van der Waals surface area contributed by atoms with E-state index in [0.717, 1.165) is 25.7 Å². The number of methoxy groups -OCH3 is 1. The maximum atomic E-state index is 12.5. The van der Waals surface area contributed by atoms with Gasteiger partial charge in [0.15, 0.2) is 0 Å². The van der Waals surface area contributed by atoms with E-state index in [1.165, 1.54) is 0 Å². The molecule has 23 heavy (non-hydrogen) atoms. The van der Waals surface area contributed by atoms with Crippen LogP contribution in [0.2, 0.25) is 0 Å². The summed E-state index contributed by atoms with van der Waals surface area (Å²) in [7, 11) is 1.63. The topological polar surface area (TPSA) is 35.5 Å². The zero-order chi connectivity index (χ0) is 16.4. The average Bonchev–Trinajstić information content (AvgIpc) is 2.56. The summed E-state index contributed by atoms with van der Waals surface area (Å²) in [5.74, 6) is 0.933. The molecule has 0 aromatic heterocycles. The van der Waals surface area contributed by atoms with Crippen LogP contribution in [0.25, 0.3) is 10.8 Å². The summed E-state index contributed by atoms with van der Waals surface area (Å²) < 4.78 is 11.9. The minimum atomic E-state index is -0.353. The smallest absolute Gasteiger partial charge is 0.344 e. The van der Waals surface area contributed by atoms with Gasteiger partial charge in [-0.1, -0.05) is 35.9 Å². The summed E-state index contributed by atoms with van der Waals surface area (Å²) in [5, 5.41) is 1.77. The Morgan fingerprint density at radius 2 is 1.61 bits per heavy atom. The molecular formula is C19H15IO3. The van der Waals surface area contributed by atoms with Crippen molar-refractivity contribution in [2.75, 3.05) is 7.11 Å². The fraction of sp³-hybridized carbons (Fsp3) is 0.105. The van der Waals surface area contributed by atoms with Crippen molar-refractivity contribution in [3.05, 3.63) is 69.3 Å². The fourth-order valence-electron chi connectivity index (χ4n) is 2.47. The second-order valence-electron chi connectivity index (χ2n) is 5.18. The molecule has 3 aromatic carbocycles. The quantitative estimate of drug-likeness (QED) is 0.342. The van der Waals surface area contributed by atoms with Crippen molar-refractivity contribution in [1.29, 1.82) is 0 Å². The zero-order valence-electron chi connectivity index (χ0n) is 12.8. The normalized spacial score (nSPS) is 10.6. The molecule has 0 amide bonds. The fourth-order valence-corrected chi connectivity index (χ4v) is 3.03. The number of aryl methyl sites for hydroxylation is 1. The van der Waals surface area contributed by atoms with Crippen LogP contribution < -0.4 is 9.47 Å². The summed E-state index contributed by atoms with van der Waals surface area (Å²) in [5.41, 5.74) is 1.60. The number of hydrogen-bond acceptors (Lipinski definition) is 3. The molecule has 0 aliphatic carbocycles. The standard InChI is InChI=1S/C19H15IO3/c1-12-9-10-16(20)15(11-12)19(21)23-18-8-4-5-13-14(18)6-3-7-17(13)22-2/h3-11H,1-2H3. The predicted molar refractivity (Wildman–Crippen MR) is 99.4 cm³/mol. The second kappa shape index (κ2) is 6.58. The Hall–Kier alpha value is -2.08. The van der Waals surface area contributed by atoms with Crippen LogP contribution in [0.4, 0.5) is 0 Å². The molecule has 0 bridgehead atoms. The van der Waals surface area contributed by atoms with E-state index in [4.69, 9.17) is 9.47 Å². The number of rotatable bonds is 3. The first-order chi connectivity index (χ1) is 11.1. The number of fused-ring (bicyclic) bond motifs is 1. The van der Waals surface area contributed by atoms with E-state index in [1.54, 1.807) is 13.2 Å². The van der Waals surface area contributed by atoms with Gasteiger partial charge in [0.25, 0.3) is 0 Å². The van der Waals surface area contributed by atoms with Gasteiger partial charge in [-0.25, -0.2) is 4.79 Å². The van der Waals surface area contributed by atoms with Crippen molar-refractivity contribution in [3.8, 4) is 11.5 Å². The number of benzene rings is 3. The highest BCUT2D eigenvalue weighted by molar-refractivity contribution is 14.1. The molecule has 0 saturated heterocycles. The number of halogens is 1. The number of hydrogen-bond donors (Lipinski definition) is 0. The second-order valence-corrected chi connectivity index (χ2v) is 6.35. The first-order valence-electron chi connectivity index (χ1n) is 7.14. The predicted octanol–water partition coefficient (Wildman–Crippen LogP) is 4.98. The summed E-state index contributed by atoms with van der Waals surface area (Å²) in [6, 6.07) is 17.0. The molecule has 0 radical (unpaired) electrons. The molecule has 3 rings (SSSR count). The van der Waals surface area contributed by atoms with Crippen LogP contribution in [0.15, 0.2) is 54.6 Å². The Kier molecular flexibility index (Phi) is 4.52. The van der Waals surface area contributed by atoms with Crippen molar-refractivity contribution >= 4 is 39.3 Å². The van der Waals surface area contributed by atoms with Crippen LogP contribution in [0.3, 0.4) is 0 Å². The molecular weight excluding hydrogens is 403 g/mol. The third-order valence-electron chi connectivity index (χ3n) is 3.61. The highest BCUT2D eigenvalue weighted by Gasteiger charge is 2.15. The third-order valence-corrected chi connectivity index (χ3v) is 4.55. The molecule has 116 valence electrons. The first kappa shape index (κ1) is 15.8. The number of carbonyl (C=O) groups excluding carboxylic acids is 1. The van der Waals surface area contributed by atoms with Gasteiger partial charge in [-0.15, -0.1) is 0 Å². The molecule has 0 aliphatic heterocycles. The molecule has 3 aromatic rings. The maximum absolute atomic E-state index is 12.5. The molecule has 3 nitrogen and oxygen atoms in total. The van der Waals surface area contributed by atoms with Gasteiger partial charge >= 0.3 is 5.97 Å². The molecule has 0 saturated carbocycles. The lowest BCUT2D eigenvalue weighted by Gasteiger charge is -2.11. The average molecular weight is 418 g/mol. The number of carbonyl (C=O) groups is 1. The van der Waals surface area contributed by atoms with E-state index >= 15 is 0 Å². The highest BCUT2D eigenvalue weighted by atomic mass is 127. The van der Waals surface area contributed by atoms with Crippen molar-refractivity contribution in [2.45, 2.75) is 6.92 Å². The first-order valence-corrected chi connectivity index (χ1v) is 8.22.